The molecule has 2 aromatic carbocycles. The van der Waals surface area contributed by atoms with Gasteiger partial charge >= 0.3 is 5.97 Å². The van der Waals surface area contributed by atoms with E-state index in [0.717, 1.165) is 14.9 Å². The Morgan fingerprint density at radius 1 is 1.17 bits per heavy atom. The summed E-state index contributed by atoms with van der Waals surface area (Å²) in [5, 5.41) is 11.3. The maximum Gasteiger partial charge on any atom is 0.313 e. The number of carbonyl (C=O) groups is 1. The lowest BCUT2D eigenvalue weighted by molar-refractivity contribution is -0.133. The second-order valence-corrected chi connectivity index (χ2v) is 7.37. The number of rotatable bonds is 5. The molecule has 3 rings (SSSR count). The normalized spacial score (nSPS) is 12.2. The van der Waals surface area contributed by atoms with Crippen molar-refractivity contribution in [3.63, 3.8) is 0 Å². The largest absolute Gasteiger partial charge is 0.481 e. The van der Waals surface area contributed by atoms with E-state index in [1.54, 1.807) is 6.20 Å². The van der Waals surface area contributed by atoms with Gasteiger partial charge in [0.15, 0.2) is 0 Å². The number of nitrogens with zero attached hydrogens (tertiary/aromatic N) is 1. The van der Waals surface area contributed by atoms with Crippen LogP contribution in [-0.2, 0) is 4.79 Å². The minimum atomic E-state index is -0.815. The molecule has 0 aliphatic carbocycles. The van der Waals surface area contributed by atoms with Crippen molar-refractivity contribution < 1.29 is 9.90 Å². The SMILES string of the molecule is CC(c1cnccc1SCC(=O)O)c1ccc(Br)c2ccccc12. The van der Waals surface area contributed by atoms with E-state index in [-0.39, 0.29) is 11.7 Å². The summed E-state index contributed by atoms with van der Waals surface area (Å²) in [5.74, 6) is -0.650. The number of halogens is 1. The van der Waals surface area contributed by atoms with Crippen molar-refractivity contribution in [2.45, 2.75) is 17.7 Å². The molecule has 0 saturated carbocycles. The predicted octanol–water partition coefficient (Wildman–Crippen LogP) is 5.33. The van der Waals surface area contributed by atoms with Crippen LogP contribution in [-0.4, -0.2) is 21.8 Å². The van der Waals surface area contributed by atoms with Crippen LogP contribution in [0.1, 0.15) is 24.0 Å². The van der Waals surface area contributed by atoms with Gasteiger partial charge in [-0.3, -0.25) is 9.78 Å². The number of fused-ring (bicyclic) bond motifs is 1. The van der Waals surface area contributed by atoms with Gasteiger partial charge in [0.05, 0.1) is 5.75 Å². The zero-order valence-corrected chi connectivity index (χ0v) is 15.5. The first-order valence-corrected chi connectivity index (χ1v) is 9.31. The van der Waals surface area contributed by atoms with Crippen molar-refractivity contribution in [3.8, 4) is 0 Å². The van der Waals surface area contributed by atoms with Crippen molar-refractivity contribution in [2.75, 3.05) is 5.75 Å². The van der Waals surface area contributed by atoms with Gasteiger partial charge in [-0.25, -0.2) is 0 Å². The highest BCUT2D eigenvalue weighted by Crippen LogP contribution is 2.37. The van der Waals surface area contributed by atoms with Crippen molar-refractivity contribution in [2.24, 2.45) is 0 Å². The summed E-state index contributed by atoms with van der Waals surface area (Å²) in [7, 11) is 0. The molecule has 24 heavy (non-hydrogen) atoms. The summed E-state index contributed by atoms with van der Waals surface area (Å²) >= 11 is 4.95. The molecule has 0 saturated heterocycles. The molecule has 0 bridgehead atoms. The monoisotopic (exact) mass is 401 g/mol. The minimum absolute atomic E-state index is 0.0464. The highest BCUT2D eigenvalue weighted by Gasteiger charge is 2.17. The molecule has 3 nitrogen and oxygen atoms in total. The second kappa shape index (κ2) is 7.36. The van der Waals surface area contributed by atoms with Crippen LogP contribution >= 0.6 is 27.7 Å². The molecule has 0 aliphatic rings. The Labute approximate surface area is 153 Å². The van der Waals surface area contributed by atoms with E-state index in [1.807, 2.05) is 24.4 Å². The van der Waals surface area contributed by atoms with Crippen molar-refractivity contribution >= 4 is 44.4 Å². The number of aromatic nitrogens is 1. The van der Waals surface area contributed by atoms with Crippen LogP contribution in [0.5, 0.6) is 0 Å². The first-order chi connectivity index (χ1) is 11.6. The number of carboxylic acid groups (broad SMARTS) is 1. The molecule has 122 valence electrons. The number of benzene rings is 2. The Kier molecular flexibility index (Phi) is 5.21. The molecule has 0 aliphatic heterocycles. The number of hydrogen-bond acceptors (Lipinski definition) is 3. The fraction of sp³-hybridized carbons (Fsp3) is 0.158. The van der Waals surface area contributed by atoms with E-state index in [2.05, 4.69) is 52.1 Å². The molecule has 0 fully saturated rings. The Hall–Kier alpha value is -1.85. The molecule has 1 N–H and O–H groups in total. The van der Waals surface area contributed by atoms with Crippen LogP contribution in [0.2, 0.25) is 0 Å². The highest BCUT2D eigenvalue weighted by atomic mass is 79.9. The lowest BCUT2D eigenvalue weighted by atomic mass is 9.90. The van der Waals surface area contributed by atoms with Crippen LogP contribution in [0.3, 0.4) is 0 Å². The van der Waals surface area contributed by atoms with Gasteiger partial charge in [0.25, 0.3) is 0 Å². The maximum atomic E-state index is 10.9. The summed E-state index contributed by atoms with van der Waals surface area (Å²) in [4.78, 5) is 16.1. The molecular formula is C19H16BrNO2S. The molecule has 0 spiro atoms. The van der Waals surface area contributed by atoms with Crippen molar-refractivity contribution in [1.82, 2.24) is 4.98 Å². The van der Waals surface area contributed by atoms with Crippen LogP contribution in [0, 0.1) is 0 Å². The molecule has 0 radical (unpaired) electrons. The lowest BCUT2D eigenvalue weighted by Crippen LogP contribution is -2.03. The zero-order valence-electron chi connectivity index (χ0n) is 13.1. The van der Waals surface area contributed by atoms with Gasteiger partial charge < -0.3 is 5.11 Å². The second-order valence-electron chi connectivity index (χ2n) is 5.50. The average molecular weight is 402 g/mol. The Morgan fingerprint density at radius 3 is 2.67 bits per heavy atom. The third-order valence-electron chi connectivity index (χ3n) is 4.00. The van der Waals surface area contributed by atoms with Gasteiger partial charge in [-0.2, -0.15) is 0 Å². The fourth-order valence-electron chi connectivity index (χ4n) is 2.82. The topological polar surface area (TPSA) is 50.2 Å². The lowest BCUT2D eigenvalue weighted by Gasteiger charge is -2.18. The molecule has 1 unspecified atom stereocenters. The summed E-state index contributed by atoms with van der Waals surface area (Å²) in [5.41, 5.74) is 2.26. The summed E-state index contributed by atoms with van der Waals surface area (Å²) < 4.78 is 1.07. The summed E-state index contributed by atoms with van der Waals surface area (Å²) in [6.07, 6.45) is 3.55. The standard InChI is InChI=1S/C19H16BrNO2S/c1-12(16-10-21-9-8-18(16)24-11-19(22)23)13-6-7-17(20)15-5-3-2-4-14(13)15/h2-10,12H,11H2,1H3,(H,22,23). The van der Waals surface area contributed by atoms with Crippen LogP contribution < -0.4 is 0 Å². The zero-order chi connectivity index (χ0) is 17.1. The Balaban J connectivity index is 2.06. The van der Waals surface area contributed by atoms with E-state index >= 15 is 0 Å². The van der Waals surface area contributed by atoms with E-state index in [9.17, 15) is 4.79 Å². The van der Waals surface area contributed by atoms with E-state index in [1.165, 1.54) is 28.1 Å². The number of carboxylic acids is 1. The first kappa shape index (κ1) is 17.0. The van der Waals surface area contributed by atoms with Crippen LogP contribution in [0.25, 0.3) is 10.8 Å². The maximum absolute atomic E-state index is 10.9. The first-order valence-electron chi connectivity index (χ1n) is 7.53. The molecule has 0 amide bonds. The quantitative estimate of drug-likeness (QED) is 0.587. The van der Waals surface area contributed by atoms with Gasteiger partial charge in [0.2, 0.25) is 0 Å². The average Bonchev–Trinajstić information content (AvgIpc) is 2.60. The van der Waals surface area contributed by atoms with Gasteiger partial charge in [-0.15, -0.1) is 11.8 Å². The molecular weight excluding hydrogens is 386 g/mol. The number of pyridine rings is 1. The Morgan fingerprint density at radius 2 is 1.92 bits per heavy atom. The summed E-state index contributed by atoms with van der Waals surface area (Å²) in [6, 6.07) is 14.4. The number of aliphatic carboxylic acids is 1. The third-order valence-corrected chi connectivity index (χ3v) is 5.76. The molecule has 1 heterocycles. The van der Waals surface area contributed by atoms with E-state index < -0.39 is 5.97 Å². The minimum Gasteiger partial charge on any atom is -0.481 e. The van der Waals surface area contributed by atoms with E-state index in [0.29, 0.717) is 0 Å². The number of thioether (sulfide) groups is 1. The summed E-state index contributed by atoms with van der Waals surface area (Å²) in [6.45, 7) is 2.14. The van der Waals surface area contributed by atoms with Gasteiger partial charge in [0.1, 0.15) is 0 Å². The van der Waals surface area contributed by atoms with Gasteiger partial charge in [-0.1, -0.05) is 53.2 Å². The number of hydrogen-bond donors (Lipinski definition) is 1. The highest BCUT2D eigenvalue weighted by molar-refractivity contribution is 9.10. The van der Waals surface area contributed by atoms with Crippen LogP contribution in [0.4, 0.5) is 0 Å². The smallest absolute Gasteiger partial charge is 0.313 e. The van der Waals surface area contributed by atoms with Crippen molar-refractivity contribution in [1.29, 1.82) is 0 Å². The third kappa shape index (κ3) is 3.47. The molecule has 3 aromatic rings. The van der Waals surface area contributed by atoms with Gasteiger partial charge in [0, 0.05) is 27.7 Å². The van der Waals surface area contributed by atoms with Gasteiger partial charge in [-0.05, 0) is 34.0 Å². The molecule has 5 heteroatoms. The van der Waals surface area contributed by atoms with E-state index in [4.69, 9.17) is 5.11 Å². The molecule has 1 atom stereocenters. The predicted molar refractivity (Wildman–Crippen MR) is 102 cm³/mol. The fourth-order valence-corrected chi connectivity index (χ4v) is 4.13. The Bertz CT molecular complexity index is 897. The van der Waals surface area contributed by atoms with Crippen LogP contribution in [0.15, 0.2) is 64.2 Å². The van der Waals surface area contributed by atoms with Crippen molar-refractivity contribution in [3.05, 3.63) is 70.5 Å². The molecule has 1 aromatic heterocycles.